The summed E-state index contributed by atoms with van der Waals surface area (Å²) < 4.78 is 38.5. The van der Waals surface area contributed by atoms with Gasteiger partial charge in [-0.3, -0.25) is 4.90 Å². The lowest BCUT2D eigenvalue weighted by atomic mass is 9.83. The van der Waals surface area contributed by atoms with Crippen LogP contribution in [0, 0.1) is 5.82 Å². The van der Waals surface area contributed by atoms with Gasteiger partial charge in [0.2, 0.25) is 10.0 Å². The van der Waals surface area contributed by atoms with Crippen LogP contribution in [-0.4, -0.2) is 60.3 Å². The lowest BCUT2D eigenvalue weighted by Crippen LogP contribution is -2.62. The van der Waals surface area contributed by atoms with Gasteiger partial charge in [0.25, 0.3) is 0 Å². The van der Waals surface area contributed by atoms with Crippen LogP contribution in [0.3, 0.4) is 0 Å². The van der Waals surface area contributed by atoms with E-state index in [1.807, 2.05) is 0 Å². The highest BCUT2D eigenvalue weighted by Crippen LogP contribution is 2.40. The fraction of sp³-hybridized carbons (Fsp3) is 0.625. The van der Waals surface area contributed by atoms with Crippen molar-refractivity contribution in [1.29, 1.82) is 0 Å². The zero-order valence-electron chi connectivity index (χ0n) is 13.3. The second-order valence-corrected chi connectivity index (χ2v) is 8.58. The number of β-amino-alcohol motifs (C(OH)–C–C–N with tert-alkyl or cyclic N) is 1. The van der Waals surface area contributed by atoms with Crippen molar-refractivity contribution in [2.45, 2.75) is 37.5 Å². The molecule has 3 rings (SSSR count). The first-order valence-electron chi connectivity index (χ1n) is 7.94. The Balaban J connectivity index is 1.71. The molecule has 2 aliphatic rings. The van der Waals surface area contributed by atoms with Crippen molar-refractivity contribution in [2.24, 2.45) is 0 Å². The van der Waals surface area contributed by atoms with E-state index in [1.54, 1.807) is 12.1 Å². The molecule has 128 valence electrons. The van der Waals surface area contributed by atoms with E-state index in [0.717, 1.165) is 18.5 Å². The Hall–Kier alpha value is -1.02. The molecule has 2 fully saturated rings. The van der Waals surface area contributed by atoms with Gasteiger partial charge in [-0.1, -0.05) is 12.1 Å². The van der Waals surface area contributed by atoms with Crippen LogP contribution < -0.4 is 0 Å². The van der Waals surface area contributed by atoms with E-state index in [4.69, 9.17) is 0 Å². The van der Waals surface area contributed by atoms with Gasteiger partial charge in [0, 0.05) is 26.2 Å². The predicted molar refractivity (Wildman–Crippen MR) is 85.8 cm³/mol. The van der Waals surface area contributed by atoms with Gasteiger partial charge in [0.15, 0.2) is 0 Å². The molecule has 1 spiro atoms. The highest BCUT2D eigenvalue weighted by Gasteiger charge is 2.52. The number of hydrogen-bond acceptors (Lipinski definition) is 4. The molecule has 2 saturated heterocycles. The molecule has 0 radical (unpaired) electrons. The minimum Gasteiger partial charge on any atom is -0.390 e. The van der Waals surface area contributed by atoms with Crippen molar-refractivity contribution in [3.63, 3.8) is 0 Å². The summed E-state index contributed by atoms with van der Waals surface area (Å²) in [6.45, 7) is 2.28. The van der Waals surface area contributed by atoms with Crippen molar-refractivity contribution in [2.75, 3.05) is 25.9 Å². The molecule has 0 saturated carbocycles. The van der Waals surface area contributed by atoms with Crippen LogP contribution in [-0.2, 0) is 16.6 Å². The van der Waals surface area contributed by atoms with Crippen LogP contribution >= 0.6 is 0 Å². The summed E-state index contributed by atoms with van der Waals surface area (Å²) in [6.07, 6.45) is 2.65. The molecular formula is C16H23FN2O3S. The van der Waals surface area contributed by atoms with Crippen molar-refractivity contribution in [3.8, 4) is 0 Å². The van der Waals surface area contributed by atoms with Gasteiger partial charge in [-0.25, -0.2) is 12.8 Å². The molecule has 0 bridgehead atoms. The third-order valence-corrected chi connectivity index (χ3v) is 6.45. The number of nitrogens with zero attached hydrogens (tertiary/aromatic N) is 2. The minimum absolute atomic E-state index is 0.263. The van der Waals surface area contributed by atoms with Gasteiger partial charge in [-0.05, 0) is 37.0 Å². The lowest BCUT2D eigenvalue weighted by molar-refractivity contribution is -0.0380. The average molecular weight is 342 g/mol. The Labute approximate surface area is 136 Å². The van der Waals surface area contributed by atoms with Crippen LogP contribution in [0.15, 0.2) is 24.3 Å². The molecule has 23 heavy (non-hydrogen) atoms. The van der Waals surface area contributed by atoms with E-state index in [2.05, 4.69) is 4.90 Å². The largest absolute Gasteiger partial charge is 0.390 e. The molecule has 0 amide bonds. The van der Waals surface area contributed by atoms with Gasteiger partial charge in [-0.2, -0.15) is 4.31 Å². The Morgan fingerprint density at radius 2 is 1.96 bits per heavy atom. The molecule has 7 heteroatoms. The number of rotatable bonds is 3. The fourth-order valence-corrected chi connectivity index (χ4v) is 5.40. The number of aliphatic hydroxyl groups is 1. The summed E-state index contributed by atoms with van der Waals surface area (Å²) in [6, 6.07) is 6.34. The van der Waals surface area contributed by atoms with E-state index in [9.17, 15) is 17.9 Å². The SMILES string of the molecule is CS(=O)(=O)N1CCC[C@@]12CCN(Cc1ccc(F)cc1)C[C@@H]2O. The van der Waals surface area contributed by atoms with Crippen molar-refractivity contribution >= 4 is 10.0 Å². The second kappa shape index (κ2) is 6.12. The van der Waals surface area contributed by atoms with E-state index in [1.165, 1.54) is 22.7 Å². The highest BCUT2D eigenvalue weighted by atomic mass is 32.2. The van der Waals surface area contributed by atoms with Gasteiger partial charge in [0.05, 0.1) is 17.9 Å². The molecule has 1 N–H and O–H groups in total. The van der Waals surface area contributed by atoms with Crippen LogP contribution in [0.2, 0.25) is 0 Å². The molecule has 1 aromatic rings. The number of sulfonamides is 1. The summed E-state index contributed by atoms with van der Waals surface area (Å²) in [5.74, 6) is -0.263. The van der Waals surface area contributed by atoms with Gasteiger partial charge < -0.3 is 5.11 Å². The number of benzene rings is 1. The van der Waals surface area contributed by atoms with Crippen LogP contribution in [0.1, 0.15) is 24.8 Å². The first kappa shape index (κ1) is 16.8. The van der Waals surface area contributed by atoms with Crippen molar-refractivity contribution < 1.29 is 17.9 Å². The molecule has 2 aliphatic heterocycles. The maximum Gasteiger partial charge on any atom is 0.211 e. The number of likely N-dealkylation sites (tertiary alicyclic amines) is 1. The molecule has 2 heterocycles. The maximum absolute atomic E-state index is 13.0. The Morgan fingerprint density at radius 1 is 1.26 bits per heavy atom. The summed E-state index contributed by atoms with van der Waals surface area (Å²) >= 11 is 0. The minimum atomic E-state index is -3.31. The topological polar surface area (TPSA) is 60.9 Å². The molecule has 1 aromatic carbocycles. The summed E-state index contributed by atoms with van der Waals surface area (Å²) in [4.78, 5) is 2.10. The van der Waals surface area contributed by atoms with Crippen molar-refractivity contribution in [1.82, 2.24) is 9.21 Å². The van der Waals surface area contributed by atoms with Crippen LogP contribution in [0.25, 0.3) is 0 Å². The zero-order valence-corrected chi connectivity index (χ0v) is 14.1. The van der Waals surface area contributed by atoms with Crippen LogP contribution in [0.5, 0.6) is 0 Å². The summed E-state index contributed by atoms with van der Waals surface area (Å²) in [7, 11) is -3.31. The monoisotopic (exact) mass is 342 g/mol. The van der Waals surface area contributed by atoms with E-state index in [-0.39, 0.29) is 5.82 Å². The third-order valence-electron chi connectivity index (χ3n) is 5.10. The Bertz CT molecular complexity index is 664. The molecule has 0 aliphatic carbocycles. The average Bonchev–Trinajstić information content (AvgIpc) is 2.91. The van der Waals surface area contributed by atoms with E-state index >= 15 is 0 Å². The Morgan fingerprint density at radius 3 is 2.57 bits per heavy atom. The summed E-state index contributed by atoms with van der Waals surface area (Å²) in [5.41, 5.74) is 0.341. The van der Waals surface area contributed by atoms with Gasteiger partial charge >= 0.3 is 0 Å². The fourth-order valence-electron chi connectivity index (χ4n) is 3.97. The third kappa shape index (κ3) is 3.28. The predicted octanol–water partition coefficient (Wildman–Crippen LogP) is 1.19. The first-order valence-corrected chi connectivity index (χ1v) is 9.79. The number of aliphatic hydroxyl groups excluding tert-OH is 1. The van der Waals surface area contributed by atoms with Gasteiger partial charge in [0.1, 0.15) is 5.82 Å². The second-order valence-electron chi connectivity index (χ2n) is 6.67. The maximum atomic E-state index is 13.0. The molecule has 2 atom stereocenters. The molecule has 0 aromatic heterocycles. The van der Waals surface area contributed by atoms with Crippen molar-refractivity contribution in [3.05, 3.63) is 35.6 Å². The molecule has 5 nitrogen and oxygen atoms in total. The van der Waals surface area contributed by atoms with Crippen LogP contribution in [0.4, 0.5) is 4.39 Å². The number of hydrogen-bond donors (Lipinski definition) is 1. The number of halogens is 1. The lowest BCUT2D eigenvalue weighted by Gasteiger charge is -2.47. The normalized spacial score (nSPS) is 30.1. The van der Waals surface area contributed by atoms with E-state index < -0.39 is 21.7 Å². The first-order chi connectivity index (χ1) is 10.8. The highest BCUT2D eigenvalue weighted by molar-refractivity contribution is 7.88. The standard InChI is InChI=1S/C16H23FN2O3S/c1-23(21,22)19-9-2-7-16(19)8-10-18(12-15(16)20)11-13-3-5-14(17)6-4-13/h3-6,15,20H,2,7-12H2,1H3/t15-,16-/m0/s1. The summed E-state index contributed by atoms with van der Waals surface area (Å²) in [5, 5.41) is 10.7. The van der Waals surface area contributed by atoms with E-state index in [0.29, 0.717) is 32.5 Å². The van der Waals surface area contributed by atoms with Gasteiger partial charge in [-0.15, -0.1) is 0 Å². The molecular weight excluding hydrogens is 319 g/mol. The smallest absolute Gasteiger partial charge is 0.211 e. The zero-order chi connectivity index (χ0) is 16.7. The Kier molecular flexibility index (Phi) is 4.48. The quantitative estimate of drug-likeness (QED) is 0.896. The molecule has 0 unspecified atom stereocenters. The number of piperidine rings is 1.